The number of ether oxygens (including phenoxy) is 4. The van der Waals surface area contributed by atoms with Crippen molar-refractivity contribution in [1.82, 2.24) is 0 Å². The van der Waals surface area contributed by atoms with Crippen LogP contribution >= 0.6 is 0 Å². The molecule has 0 aromatic carbocycles. The van der Waals surface area contributed by atoms with Gasteiger partial charge in [-0.1, -0.05) is 278 Å². The number of hydrogen-bond donors (Lipinski definition) is 1. The molecule has 0 amide bonds. The van der Waals surface area contributed by atoms with E-state index in [4.69, 9.17) is 18.9 Å². The summed E-state index contributed by atoms with van der Waals surface area (Å²) in [6, 6.07) is 0. The smallest absolute Gasteiger partial charge is 0.361 e. The number of carboxylic acid groups (broad SMARTS) is 1. The van der Waals surface area contributed by atoms with Crippen LogP contribution < -0.4 is 0 Å². The maximum Gasteiger partial charge on any atom is 0.361 e. The number of carbonyl (C=O) groups excluding carboxylic acids is 2. The lowest BCUT2D eigenvalue weighted by Crippen LogP contribution is -2.40. The number of carbonyl (C=O) groups is 3. The highest BCUT2D eigenvalue weighted by Crippen LogP contribution is 2.17. The number of aliphatic carboxylic acids is 1. The van der Waals surface area contributed by atoms with Gasteiger partial charge in [-0.3, -0.25) is 9.59 Å². The topological polar surface area (TPSA) is 108 Å². The predicted octanol–water partition coefficient (Wildman–Crippen LogP) is 19.7. The van der Waals surface area contributed by atoms with Crippen molar-refractivity contribution in [3.63, 3.8) is 0 Å². The molecule has 454 valence electrons. The third kappa shape index (κ3) is 61.7. The van der Waals surface area contributed by atoms with Crippen LogP contribution in [0.3, 0.4) is 0 Å². The summed E-state index contributed by atoms with van der Waals surface area (Å²) >= 11 is 0. The largest absolute Gasteiger partial charge is 0.477 e. The van der Waals surface area contributed by atoms with E-state index in [1.54, 1.807) is 0 Å². The van der Waals surface area contributed by atoms with Crippen LogP contribution in [0.5, 0.6) is 0 Å². The number of likely N-dealkylation sites (N-methyl/N-ethyl adjacent to an activating group) is 1. The van der Waals surface area contributed by atoms with Crippen LogP contribution in [-0.4, -0.2) is 87.4 Å². The molecular formula is C70H122NO8+. The van der Waals surface area contributed by atoms with Crippen LogP contribution in [0.25, 0.3) is 0 Å². The molecule has 0 spiro atoms. The fourth-order valence-corrected chi connectivity index (χ4v) is 8.91. The highest BCUT2D eigenvalue weighted by molar-refractivity contribution is 5.71. The standard InChI is InChI=1S/C70H121NO8/c1-6-8-10-12-14-16-18-20-22-24-26-27-28-29-30-31-32-33-34-35-36-37-38-39-40-41-43-45-47-49-51-53-55-57-59-61-68(73)79-66(65-78-70(69(74)75)76-63-62-71(3,4)5)64-77-67(72)60-58-56-54-52-50-48-46-44-42-25-23-21-19-17-15-13-11-9-7-2/h8,10,14,16,20,22,26-27,29-30,32-33,35-36,38-39,66,70H,6-7,9,11-13,15,17-19,21,23-25,28,31,34,37,40-65H2,1-5H3/p+1/b10-8-,16-14-,22-20-,27-26-,30-29-,33-32-,36-35-,39-38-. The second kappa shape index (κ2) is 60.3. The minimum absolute atomic E-state index is 0.184. The third-order valence-corrected chi connectivity index (χ3v) is 13.9. The monoisotopic (exact) mass is 1100 g/mol. The minimum Gasteiger partial charge on any atom is -0.477 e. The quantitative estimate of drug-likeness (QED) is 0.0211. The zero-order valence-electron chi connectivity index (χ0n) is 51.8. The fraction of sp³-hybridized carbons (Fsp3) is 0.729. The molecule has 79 heavy (non-hydrogen) atoms. The molecule has 0 aliphatic carbocycles. The van der Waals surface area contributed by atoms with Crippen LogP contribution in [0.2, 0.25) is 0 Å². The molecule has 0 aromatic rings. The summed E-state index contributed by atoms with van der Waals surface area (Å²) in [5.41, 5.74) is 0. The third-order valence-electron chi connectivity index (χ3n) is 13.9. The van der Waals surface area contributed by atoms with Gasteiger partial charge in [0.25, 0.3) is 6.29 Å². The number of allylic oxidation sites excluding steroid dienone is 16. The lowest BCUT2D eigenvalue weighted by atomic mass is 10.0. The molecule has 0 rings (SSSR count). The number of quaternary nitrogens is 1. The Morgan fingerprint density at radius 1 is 0.392 bits per heavy atom. The molecule has 0 radical (unpaired) electrons. The van der Waals surface area contributed by atoms with Gasteiger partial charge in [0, 0.05) is 12.8 Å². The number of unbranched alkanes of at least 4 members (excludes halogenated alkanes) is 28. The number of carboxylic acids is 1. The maximum atomic E-state index is 12.9. The van der Waals surface area contributed by atoms with E-state index in [2.05, 4.69) is 111 Å². The number of rotatable bonds is 59. The molecule has 0 fully saturated rings. The van der Waals surface area contributed by atoms with Gasteiger partial charge in [-0.2, -0.15) is 0 Å². The normalized spacial score (nSPS) is 13.4. The van der Waals surface area contributed by atoms with E-state index < -0.39 is 24.3 Å². The predicted molar refractivity (Wildman–Crippen MR) is 336 cm³/mol. The van der Waals surface area contributed by atoms with E-state index in [9.17, 15) is 19.5 Å². The van der Waals surface area contributed by atoms with Crippen molar-refractivity contribution in [1.29, 1.82) is 0 Å². The van der Waals surface area contributed by atoms with Gasteiger partial charge in [0.15, 0.2) is 6.10 Å². The summed E-state index contributed by atoms with van der Waals surface area (Å²) in [5, 5.41) is 9.72. The van der Waals surface area contributed by atoms with Crippen LogP contribution in [0, 0.1) is 0 Å². The zero-order valence-corrected chi connectivity index (χ0v) is 51.8. The Balaban J connectivity index is 4.17. The second-order valence-electron chi connectivity index (χ2n) is 22.7. The molecule has 2 unspecified atom stereocenters. The van der Waals surface area contributed by atoms with E-state index in [1.807, 2.05) is 21.1 Å². The van der Waals surface area contributed by atoms with Gasteiger partial charge in [-0.15, -0.1) is 0 Å². The van der Waals surface area contributed by atoms with Crippen LogP contribution in [0.15, 0.2) is 97.2 Å². The van der Waals surface area contributed by atoms with E-state index in [0.29, 0.717) is 23.9 Å². The van der Waals surface area contributed by atoms with Crippen molar-refractivity contribution in [2.24, 2.45) is 0 Å². The van der Waals surface area contributed by atoms with Crippen molar-refractivity contribution in [2.45, 2.75) is 283 Å². The molecule has 0 saturated heterocycles. The fourth-order valence-electron chi connectivity index (χ4n) is 8.91. The summed E-state index contributed by atoms with van der Waals surface area (Å²) in [6.07, 6.45) is 79.2. The highest BCUT2D eigenvalue weighted by Gasteiger charge is 2.25. The average Bonchev–Trinajstić information content (AvgIpc) is 3.42. The molecular weight excluding hydrogens is 983 g/mol. The lowest BCUT2D eigenvalue weighted by Gasteiger charge is -2.25. The highest BCUT2D eigenvalue weighted by atomic mass is 16.7. The second-order valence-corrected chi connectivity index (χ2v) is 22.7. The molecule has 9 heteroatoms. The van der Waals surface area contributed by atoms with Crippen molar-refractivity contribution in [3.8, 4) is 0 Å². The molecule has 0 aliphatic rings. The first kappa shape index (κ1) is 75.2. The molecule has 2 atom stereocenters. The summed E-state index contributed by atoms with van der Waals surface area (Å²) in [5.74, 6) is -2.00. The van der Waals surface area contributed by atoms with Gasteiger partial charge < -0.3 is 28.5 Å². The minimum atomic E-state index is -1.51. The van der Waals surface area contributed by atoms with Crippen molar-refractivity contribution in [2.75, 3.05) is 47.5 Å². The van der Waals surface area contributed by atoms with Crippen molar-refractivity contribution >= 4 is 17.9 Å². The van der Waals surface area contributed by atoms with E-state index in [1.165, 1.54) is 141 Å². The molecule has 0 saturated carbocycles. The molecule has 0 heterocycles. The number of hydrogen-bond acceptors (Lipinski definition) is 7. The molecule has 1 N–H and O–H groups in total. The Bertz CT molecular complexity index is 1620. The zero-order chi connectivity index (χ0) is 57.6. The first-order chi connectivity index (χ1) is 38.6. The molecule has 0 aliphatic heterocycles. The summed E-state index contributed by atoms with van der Waals surface area (Å²) in [4.78, 5) is 37.5. The van der Waals surface area contributed by atoms with Gasteiger partial charge in [-0.05, 0) is 77.0 Å². The Morgan fingerprint density at radius 3 is 1.08 bits per heavy atom. The maximum absolute atomic E-state index is 12.9. The van der Waals surface area contributed by atoms with Crippen molar-refractivity contribution in [3.05, 3.63) is 97.2 Å². The number of esters is 2. The van der Waals surface area contributed by atoms with E-state index in [-0.39, 0.29) is 32.2 Å². The van der Waals surface area contributed by atoms with Gasteiger partial charge in [-0.25, -0.2) is 4.79 Å². The number of nitrogens with zero attached hydrogens (tertiary/aromatic N) is 1. The van der Waals surface area contributed by atoms with E-state index >= 15 is 0 Å². The molecule has 9 nitrogen and oxygen atoms in total. The van der Waals surface area contributed by atoms with Crippen LogP contribution in [0.1, 0.15) is 271 Å². The average molecular weight is 1110 g/mol. The Hall–Kier alpha value is -3.79. The first-order valence-electron chi connectivity index (χ1n) is 32.4. The van der Waals surface area contributed by atoms with Crippen LogP contribution in [-0.2, 0) is 33.3 Å². The summed E-state index contributed by atoms with van der Waals surface area (Å²) in [6.45, 7) is 4.78. The summed E-state index contributed by atoms with van der Waals surface area (Å²) in [7, 11) is 5.97. The van der Waals surface area contributed by atoms with Crippen molar-refractivity contribution < 1.29 is 42.9 Å². The Morgan fingerprint density at radius 2 is 0.722 bits per heavy atom. The molecule has 0 bridgehead atoms. The Kier molecular flexibility index (Phi) is 57.4. The van der Waals surface area contributed by atoms with Gasteiger partial charge in [0.2, 0.25) is 0 Å². The summed E-state index contributed by atoms with van der Waals surface area (Å²) < 4.78 is 22.9. The van der Waals surface area contributed by atoms with Gasteiger partial charge in [0.1, 0.15) is 13.2 Å². The van der Waals surface area contributed by atoms with E-state index in [0.717, 1.165) is 96.3 Å². The SMILES string of the molecule is CC/C=C\C/C=C\C/C=C\C/C=C\C/C=C\C/C=C\C/C=C\C/C=C\CCCCCCCCCCCCC(=O)OC(COC(=O)CCCCCCCCCCCCCCCCCCCCC)COC(OCC[N+](C)(C)C)C(=O)O. The molecule has 0 aromatic heterocycles. The van der Waals surface area contributed by atoms with Gasteiger partial charge >= 0.3 is 17.9 Å². The Labute approximate surface area is 486 Å². The van der Waals surface area contributed by atoms with Crippen LogP contribution in [0.4, 0.5) is 0 Å². The lowest BCUT2D eigenvalue weighted by molar-refractivity contribution is -0.870. The van der Waals surface area contributed by atoms with Gasteiger partial charge in [0.05, 0.1) is 34.4 Å². The first-order valence-corrected chi connectivity index (χ1v) is 32.4.